The lowest BCUT2D eigenvalue weighted by atomic mass is 10.1. The molecule has 0 aliphatic carbocycles. The fourth-order valence-corrected chi connectivity index (χ4v) is 1.59. The van der Waals surface area contributed by atoms with Crippen molar-refractivity contribution in [2.45, 2.75) is 12.8 Å². The largest absolute Gasteiger partial charge is 0.481 e. The molecule has 78 valence electrons. The summed E-state index contributed by atoms with van der Waals surface area (Å²) >= 11 is 5.84. The summed E-state index contributed by atoms with van der Waals surface area (Å²) in [5.41, 5.74) is 1.27. The first-order chi connectivity index (χ1) is 7.09. The van der Waals surface area contributed by atoms with Crippen LogP contribution < -0.4 is 0 Å². The Kier molecular flexibility index (Phi) is 2.36. The van der Waals surface area contributed by atoms with Gasteiger partial charge in [0.2, 0.25) is 0 Å². The second-order valence-electron chi connectivity index (χ2n) is 3.33. The summed E-state index contributed by atoms with van der Waals surface area (Å²) in [6.07, 6.45) is 3.34. The Morgan fingerprint density at radius 1 is 1.67 bits per heavy atom. The zero-order valence-electron chi connectivity index (χ0n) is 8.01. The van der Waals surface area contributed by atoms with E-state index in [2.05, 4.69) is 4.98 Å². The SMILES string of the molecule is CC(C(=O)O)c1ncn2ccc(Cl)cc12. The van der Waals surface area contributed by atoms with Gasteiger partial charge in [0, 0.05) is 11.2 Å². The number of fused-ring (bicyclic) bond motifs is 1. The van der Waals surface area contributed by atoms with Crippen molar-refractivity contribution >= 4 is 23.1 Å². The summed E-state index contributed by atoms with van der Waals surface area (Å²) in [7, 11) is 0. The third-order valence-corrected chi connectivity index (χ3v) is 2.55. The first-order valence-corrected chi connectivity index (χ1v) is 4.82. The van der Waals surface area contributed by atoms with Crippen molar-refractivity contribution in [1.29, 1.82) is 0 Å². The van der Waals surface area contributed by atoms with Crippen LogP contribution in [0.25, 0.3) is 5.52 Å². The fourth-order valence-electron chi connectivity index (χ4n) is 1.43. The Balaban J connectivity index is 2.61. The van der Waals surface area contributed by atoms with E-state index in [1.807, 2.05) is 0 Å². The van der Waals surface area contributed by atoms with Gasteiger partial charge in [-0.2, -0.15) is 0 Å². The minimum atomic E-state index is -0.893. The zero-order valence-corrected chi connectivity index (χ0v) is 8.77. The summed E-state index contributed by atoms with van der Waals surface area (Å²) in [5.74, 6) is -1.52. The predicted octanol–water partition coefficient (Wildman–Crippen LogP) is 2.18. The highest BCUT2D eigenvalue weighted by Crippen LogP contribution is 2.22. The lowest BCUT2D eigenvalue weighted by Crippen LogP contribution is -2.08. The minimum Gasteiger partial charge on any atom is -0.481 e. The Bertz CT molecular complexity index is 521. The Labute approximate surface area is 91.1 Å². The number of aliphatic carboxylic acids is 1. The van der Waals surface area contributed by atoms with Crippen molar-refractivity contribution in [3.63, 3.8) is 0 Å². The molecule has 1 unspecified atom stereocenters. The van der Waals surface area contributed by atoms with Gasteiger partial charge in [-0.3, -0.25) is 4.79 Å². The van der Waals surface area contributed by atoms with Crippen LogP contribution in [0.3, 0.4) is 0 Å². The Morgan fingerprint density at radius 3 is 3.07 bits per heavy atom. The van der Waals surface area contributed by atoms with Gasteiger partial charge in [-0.25, -0.2) is 4.98 Å². The summed E-state index contributed by atoms with van der Waals surface area (Å²) in [5, 5.41) is 9.47. The molecule has 4 nitrogen and oxygen atoms in total. The molecule has 2 rings (SSSR count). The molecule has 0 radical (unpaired) electrons. The van der Waals surface area contributed by atoms with Gasteiger partial charge in [-0.1, -0.05) is 11.6 Å². The number of halogens is 1. The first kappa shape index (κ1) is 9.98. The second-order valence-corrected chi connectivity index (χ2v) is 3.76. The highest BCUT2D eigenvalue weighted by Gasteiger charge is 2.19. The highest BCUT2D eigenvalue weighted by atomic mass is 35.5. The standard InChI is InChI=1S/C10H9ClN2O2/c1-6(10(14)15)9-8-4-7(11)2-3-13(8)5-12-9/h2-6H,1H3,(H,14,15). The molecule has 1 N–H and O–H groups in total. The van der Waals surface area contributed by atoms with E-state index in [0.717, 1.165) is 5.52 Å². The number of imidazole rings is 1. The monoisotopic (exact) mass is 224 g/mol. The summed E-state index contributed by atoms with van der Waals surface area (Å²) in [4.78, 5) is 14.9. The second kappa shape index (κ2) is 3.55. The van der Waals surface area contributed by atoms with Gasteiger partial charge in [-0.05, 0) is 19.1 Å². The van der Waals surface area contributed by atoms with E-state index in [4.69, 9.17) is 16.7 Å². The van der Waals surface area contributed by atoms with Crippen LogP contribution in [-0.2, 0) is 4.79 Å². The number of hydrogen-bond acceptors (Lipinski definition) is 2. The third-order valence-electron chi connectivity index (χ3n) is 2.31. The van der Waals surface area contributed by atoms with Crippen LogP contribution in [0.2, 0.25) is 5.02 Å². The first-order valence-electron chi connectivity index (χ1n) is 4.44. The average molecular weight is 225 g/mol. The number of nitrogens with zero attached hydrogens (tertiary/aromatic N) is 2. The lowest BCUT2D eigenvalue weighted by molar-refractivity contribution is -0.138. The molecule has 15 heavy (non-hydrogen) atoms. The molecular weight excluding hydrogens is 216 g/mol. The Morgan fingerprint density at radius 2 is 2.40 bits per heavy atom. The van der Waals surface area contributed by atoms with E-state index in [1.54, 1.807) is 36.0 Å². The predicted molar refractivity (Wildman–Crippen MR) is 56.3 cm³/mol. The number of aromatic nitrogens is 2. The average Bonchev–Trinajstić information content (AvgIpc) is 2.59. The normalized spacial score (nSPS) is 12.9. The zero-order chi connectivity index (χ0) is 11.0. The molecule has 0 saturated carbocycles. The van der Waals surface area contributed by atoms with Crippen LogP contribution >= 0.6 is 11.6 Å². The molecule has 0 fully saturated rings. The van der Waals surface area contributed by atoms with Gasteiger partial charge in [0.05, 0.1) is 23.5 Å². The molecule has 2 heterocycles. The van der Waals surface area contributed by atoms with Crippen molar-refractivity contribution in [3.05, 3.63) is 35.4 Å². The number of rotatable bonds is 2. The van der Waals surface area contributed by atoms with Gasteiger partial charge >= 0.3 is 5.97 Å². The number of hydrogen-bond donors (Lipinski definition) is 1. The van der Waals surface area contributed by atoms with E-state index in [1.165, 1.54) is 0 Å². The molecule has 1 atom stereocenters. The molecule has 0 aliphatic heterocycles. The number of pyridine rings is 1. The summed E-state index contributed by atoms with van der Waals surface area (Å²) in [6, 6.07) is 3.44. The van der Waals surface area contributed by atoms with Crippen LogP contribution in [0.1, 0.15) is 18.5 Å². The quantitative estimate of drug-likeness (QED) is 0.851. The van der Waals surface area contributed by atoms with Crippen LogP contribution in [-0.4, -0.2) is 20.5 Å². The van der Waals surface area contributed by atoms with Crippen molar-refractivity contribution < 1.29 is 9.90 Å². The van der Waals surface area contributed by atoms with E-state index in [9.17, 15) is 4.79 Å². The van der Waals surface area contributed by atoms with E-state index >= 15 is 0 Å². The van der Waals surface area contributed by atoms with Crippen molar-refractivity contribution in [1.82, 2.24) is 9.38 Å². The van der Waals surface area contributed by atoms with Crippen LogP contribution in [0.4, 0.5) is 0 Å². The summed E-state index contributed by atoms with van der Waals surface area (Å²) < 4.78 is 1.75. The number of carboxylic acids is 1. The molecule has 2 aromatic heterocycles. The molecule has 0 aliphatic rings. The number of carboxylic acid groups (broad SMARTS) is 1. The maximum absolute atomic E-state index is 10.8. The van der Waals surface area contributed by atoms with E-state index in [-0.39, 0.29) is 0 Å². The van der Waals surface area contributed by atoms with Crippen molar-refractivity contribution in [3.8, 4) is 0 Å². The van der Waals surface area contributed by atoms with Crippen molar-refractivity contribution in [2.24, 2.45) is 0 Å². The van der Waals surface area contributed by atoms with Gasteiger partial charge in [0.1, 0.15) is 0 Å². The molecule has 0 amide bonds. The maximum Gasteiger partial charge on any atom is 0.312 e. The van der Waals surface area contributed by atoms with E-state index < -0.39 is 11.9 Å². The highest BCUT2D eigenvalue weighted by molar-refractivity contribution is 6.30. The topological polar surface area (TPSA) is 54.6 Å². The van der Waals surface area contributed by atoms with Gasteiger partial charge in [0.15, 0.2) is 0 Å². The molecule has 5 heteroatoms. The van der Waals surface area contributed by atoms with Gasteiger partial charge < -0.3 is 9.51 Å². The molecule has 0 bridgehead atoms. The van der Waals surface area contributed by atoms with Gasteiger partial charge in [0.25, 0.3) is 0 Å². The third kappa shape index (κ3) is 1.68. The smallest absolute Gasteiger partial charge is 0.312 e. The number of carbonyl (C=O) groups is 1. The minimum absolute atomic E-state index is 0.532. The summed E-state index contributed by atoms with van der Waals surface area (Å²) in [6.45, 7) is 1.60. The Hall–Kier alpha value is -1.55. The van der Waals surface area contributed by atoms with Crippen LogP contribution in [0, 0.1) is 0 Å². The molecule has 0 saturated heterocycles. The maximum atomic E-state index is 10.8. The lowest BCUT2D eigenvalue weighted by Gasteiger charge is -2.03. The van der Waals surface area contributed by atoms with Crippen molar-refractivity contribution in [2.75, 3.05) is 0 Å². The molecule has 0 spiro atoms. The fraction of sp³-hybridized carbons (Fsp3) is 0.200. The van der Waals surface area contributed by atoms with Crippen LogP contribution in [0.5, 0.6) is 0 Å². The molecule has 2 aromatic rings. The molecule has 0 aromatic carbocycles. The molecular formula is C10H9ClN2O2. The van der Waals surface area contributed by atoms with Gasteiger partial charge in [-0.15, -0.1) is 0 Å². The van der Waals surface area contributed by atoms with Crippen LogP contribution in [0.15, 0.2) is 24.7 Å². The van der Waals surface area contributed by atoms with E-state index in [0.29, 0.717) is 10.7 Å².